The highest BCUT2D eigenvalue weighted by Crippen LogP contribution is 2.19. The van der Waals surface area contributed by atoms with Gasteiger partial charge in [-0.2, -0.15) is 0 Å². The first-order valence-corrected chi connectivity index (χ1v) is 9.21. The van der Waals surface area contributed by atoms with Gasteiger partial charge in [-0.15, -0.1) is 0 Å². The van der Waals surface area contributed by atoms with E-state index in [1.54, 1.807) is 46.2 Å². The Balaban J connectivity index is 1.79. The van der Waals surface area contributed by atoms with Gasteiger partial charge in [-0.3, -0.25) is 9.69 Å². The number of carbonyl (C=O) groups is 2. The minimum atomic E-state index is -0.319. The van der Waals surface area contributed by atoms with Crippen LogP contribution in [0.1, 0.15) is 28.8 Å². The molecule has 7 nitrogen and oxygen atoms in total. The van der Waals surface area contributed by atoms with Gasteiger partial charge < -0.3 is 4.90 Å². The smallest absolute Gasteiger partial charge is 0.324 e. The molecule has 136 valence electrons. The van der Waals surface area contributed by atoms with Crippen molar-refractivity contribution in [3.63, 3.8) is 0 Å². The fraction of sp³-hybridized carbons (Fsp3) is 0.278. The minimum Gasteiger partial charge on any atom is -0.324 e. The van der Waals surface area contributed by atoms with Crippen LogP contribution in [0.25, 0.3) is 0 Å². The average molecular weight is 466 g/mol. The van der Waals surface area contributed by atoms with Crippen LogP contribution in [0, 0.1) is 0 Å². The zero-order valence-corrected chi connectivity index (χ0v) is 16.3. The van der Waals surface area contributed by atoms with Crippen molar-refractivity contribution in [1.82, 2.24) is 15.4 Å². The van der Waals surface area contributed by atoms with E-state index < -0.39 is 0 Å². The molecule has 0 aliphatic carbocycles. The number of aromatic nitrogens is 1. The van der Waals surface area contributed by atoms with E-state index in [-0.39, 0.29) is 11.9 Å². The molecule has 3 rings (SSSR count). The molecule has 2 heterocycles. The van der Waals surface area contributed by atoms with E-state index in [9.17, 15) is 9.59 Å². The molecule has 0 saturated carbocycles. The molecule has 0 unspecified atom stereocenters. The lowest BCUT2D eigenvalue weighted by Gasteiger charge is -2.27. The number of amides is 3. The second kappa shape index (κ2) is 8.95. The Kier molecular flexibility index (Phi) is 6.40. The predicted molar refractivity (Wildman–Crippen MR) is 106 cm³/mol. The molecule has 1 aromatic heterocycles. The van der Waals surface area contributed by atoms with Gasteiger partial charge in [0.25, 0.3) is 5.91 Å². The zero-order chi connectivity index (χ0) is 18.4. The number of anilines is 1. The SMILES string of the molecule is O=C(NOI)c1ccc(CN(C(=O)N2CCCC2)c2ccccn2)cc1. The Hall–Kier alpha value is -2.20. The van der Waals surface area contributed by atoms with E-state index in [1.807, 2.05) is 35.2 Å². The van der Waals surface area contributed by atoms with Crippen LogP contribution in [0.5, 0.6) is 0 Å². The maximum atomic E-state index is 12.9. The summed E-state index contributed by atoms with van der Waals surface area (Å²) in [5.41, 5.74) is 3.67. The maximum absolute atomic E-state index is 12.9. The van der Waals surface area contributed by atoms with E-state index in [0.29, 0.717) is 17.9 Å². The Morgan fingerprint density at radius 1 is 1.15 bits per heavy atom. The van der Waals surface area contributed by atoms with Crippen molar-refractivity contribution in [2.24, 2.45) is 0 Å². The van der Waals surface area contributed by atoms with E-state index >= 15 is 0 Å². The highest BCUT2D eigenvalue weighted by Gasteiger charge is 2.25. The van der Waals surface area contributed by atoms with Gasteiger partial charge in [0.2, 0.25) is 0 Å². The molecule has 1 fully saturated rings. The van der Waals surface area contributed by atoms with Gasteiger partial charge in [0.1, 0.15) is 28.8 Å². The van der Waals surface area contributed by atoms with E-state index in [0.717, 1.165) is 31.5 Å². The summed E-state index contributed by atoms with van der Waals surface area (Å²) in [4.78, 5) is 32.6. The monoisotopic (exact) mass is 466 g/mol. The van der Waals surface area contributed by atoms with Crippen LogP contribution in [0.15, 0.2) is 48.7 Å². The van der Waals surface area contributed by atoms with Gasteiger partial charge in [-0.05, 0) is 42.7 Å². The molecule has 1 aromatic carbocycles. The number of halogens is 1. The summed E-state index contributed by atoms with van der Waals surface area (Å²) >= 11 is 1.60. The number of rotatable bonds is 5. The summed E-state index contributed by atoms with van der Waals surface area (Å²) in [6.07, 6.45) is 3.74. The summed E-state index contributed by atoms with van der Waals surface area (Å²) in [5, 5.41) is 0. The van der Waals surface area contributed by atoms with Crippen molar-refractivity contribution >= 4 is 40.8 Å². The molecular formula is C18H19IN4O3. The largest absolute Gasteiger partial charge is 0.325 e. The maximum Gasteiger partial charge on any atom is 0.325 e. The molecule has 0 radical (unpaired) electrons. The van der Waals surface area contributed by atoms with Crippen LogP contribution in [0.4, 0.5) is 10.6 Å². The third-order valence-corrected chi connectivity index (χ3v) is 4.44. The van der Waals surface area contributed by atoms with Crippen molar-refractivity contribution in [2.75, 3.05) is 18.0 Å². The second-order valence-electron chi connectivity index (χ2n) is 5.96. The molecule has 1 aliphatic heterocycles. The lowest BCUT2D eigenvalue weighted by molar-refractivity contribution is 0.0829. The van der Waals surface area contributed by atoms with Crippen LogP contribution in [0.2, 0.25) is 0 Å². The first kappa shape index (κ1) is 18.6. The van der Waals surface area contributed by atoms with Gasteiger partial charge in [0.05, 0.1) is 6.54 Å². The Morgan fingerprint density at radius 3 is 2.50 bits per heavy atom. The lowest BCUT2D eigenvalue weighted by Crippen LogP contribution is -2.41. The topological polar surface area (TPSA) is 74.8 Å². The Labute approximate surface area is 166 Å². The van der Waals surface area contributed by atoms with Crippen molar-refractivity contribution < 1.29 is 12.8 Å². The molecule has 1 saturated heterocycles. The number of benzene rings is 1. The zero-order valence-electron chi connectivity index (χ0n) is 14.1. The van der Waals surface area contributed by atoms with Gasteiger partial charge >= 0.3 is 6.03 Å². The summed E-state index contributed by atoms with van der Waals surface area (Å²) in [5.74, 6) is 0.296. The first-order chi connectivity index (χ1) is 12.7. The quantitative estimate of drug-likeness (QED) is 0.542. The summed E-state index contributed by atoms with van der Waals surface area (Å²) in [6.45, 7) is 1.94. The van der Waals surface area contributed by atoms with E-state index in [1.165, 1.54) is 0 Å². The van der Waals surface area contributed by atoms with Crippen molar-refractivity contribution in [3.05, 3.63) is 59.8 Å². The summed E-state index contributed by atoms with van der Waals surface area (Å²) in [6, 6.07) is 12.5. The fourth-order valence-corrected chi connectivity index (χ4v) is 3.08. The average Bonchev–Trinajstić information content (AvgIpc) is 3.22. The first-order valence-electron chi connectivity index (χ1n) is 8.33. The number of pyridine rings is 1. The Bertz CT molecular complexity index is 749. The molecule has 3 amide bonds. The number of nitrogens with one attached hydrogen (secondary N) is 1. The van der Waals surface area contributed by atoms with Crippen LogP contribution < -0.4 is 10.4 Å². The number of hydroxylamine groups is 1. The van der Waals surface area contributed by atoms with Crippen LogP contribution in [0.3, 0.4) is 0 Å². The standard InChI is InChI=1S/C18H19IN4O3/c19-26-21-17(24)15-8-6-14(7-9-15)13-23(16-5-1-2-10-20-16)18(25)22-11-3-4-12-22/h1-2,5-10H,3-4,11-13H2,(H,21,24). The molecule has 1 aliphatic rings. The van der Waals surface area contributed by atoms with Gasteiger partial charge in [-0.1, -0.05) is 18.2 Å². The lowest BCUT2D eigenvalue weighted by atomic mass is 10.1. The molecule has 0 atom stereocenters. The molecule has 8 heteroatoms. The van der Waals surface area contributed by atoms with Gasteiger partial charge in [0, 0.05) is 24.8 Å². The Morgan fingerprint density at radius 2 is 1.88 bits per heavy atom. The number of carbonyl (C=O) groups excluding carboxylic acids is 2. The van der Waals surface area contributed by atoms with Crippen molar-refractivity contribution in [3.8, 4) is 0 Å². The van der Waals surface area contributed by atoms with Crippen molar-refractivity contribution in [1.29, 1.82) is 0 Å². The second-order valence-corrected chi connectivity index (χ2v) is 6.40. The van der Waals surface area contributed by atoms with Crippen LogP contribution >= 0.6 is 23.0 Å². The number of hydrogen-bond acceptors (Lipinski definition) is 4. The highest BCUT2D eigenvalue weighted by atomic mass is 127. The van der Waals surface area contributed by atoms with Crippen molar-refractivity contribution in [2.45, 2.75) is 19.4 Å². The summed E-state index contributed by atoms with van der Waals surface area (Å²) in [7, 11) is 0. The fourth-order valence-electron chi connectivity index (χ4n) is 2.88. The molecule has 0 bridgehead atoms. The van der Waals surface area contributed by atoms with E-state index in [2.05, 4.69) is 13.6 Å². The third-order valence-electron chi connectivity index (χ3n) is 4.22. The number of hydrogen-bond donors (Lipinski definition) is 1. The van der Waals surface area contributed by atoms with Gasteiger partial charge in [0.15, 0.2) is 0 Å². The minimum absolute atomic E-state index is 0.0404. The number of urea groups is 1. The third kappa shape index (κ3) is 4.50. The molecule has 26 heavy (non-hydrogen) atoms. The van der Waals surface area contributed by atoms with Gasteiger partial charge in [-0.25, -0.2) is 18.4 Å². The van der Waals surface area contributed by atoms with Crippen LogP contribution in [-0.4, -0.2) is 34.9 Å². The summed E-state index contributed by atoms with van der Waals surface area (Å²) < 4.78 is 4.60. The molecule has 2 aromatic rings. The molecule has 0 spiro atoms. The normalized spacial score (nSPS) is 13.5. The van der Waals surface area contributed by atoms with E-state index in [4.69, 9.17) is 0 Å². The highest BCUT2D eigenvalue weighted by molar-refractivity contribution is 14.1. The van der Waals surface area contributed by atoms with Crippen LogP contribution in [-0.2, 0) is 9.71 Å². The molecular weight excluding hydrogens is 447 g/mol. The number of nitrogens with zero attached hydrogens (tertiary/aromatic N) is 3. The number of likely N-dealkylation sites (tertiary alicyclic amines) is 1. The predicted octanol–water partition coefficient (Wildman–Crippen LogP) is 3.32. The molecule has 1 N–H and O–H groups in total.